The second-order valence-corrected chi connectivity index (χ2v) is 12.1. The molecule has 192 valence electrons. The van der Waals surface area contributed by atoms with Crippen molar-refractivity contribution in [1.29, 1.82) is 0 Å². The van der Waals surface area contributed by atoms with Gasteiger partial charge in [-0.15, -0.1) is 11.8 Å². The number of cyclic esters (lactones) is 1. The van der Waals surface area contributed by atoms with E-state index in [1.165, 1.54) is 6.42 Å². The molecule has 2 saturated heterocycles. The van der Waals surface area contributed by atoms with E-state index in [-0.39, 0.29) is 35.7 Å². The lowest BCUT2D eigenvalue weighted by Gasteiger charge is -2.41. The first-order chi connectivity index (χ1) is 17.0. The standard InChI is InChI=1S/C27H38N2O5S/c1-2-18(17-30)29-23-25(32)28(19-11-6-5-7-12-19)15-10-14-27(23)22(24(29)31)21-20(35-27)13-8-3-4-9-16-34-26(21)33/h8,10,13-14,18-23,30H,2-7,9,11-12,15-17H2,1H3/b13-8-/t18-,20-,21+,22-,23?,27-/m0/s1. The lowest BCUT2D eigenvalue weighted by molar-refractivity contribution is -0.154. The molecule has 35 heavy (non-hydrogen) atoms. The van der Waals surface area contributed by atoms with E-state index in [2.05, 4.69) is 24.3 Å². The van der Waals surface area contributed by atoms with Crippen molar-refractivity contribution < 1.29 is 24.2 Å². The number of fused-ring (bicyclic) bond motifs is 2. The third-order valence-electron chi connectivity index (χ3n) is 8.66. The highest BCUT2D eigenvalue weighted by atomic mass is 32.2. The molecule has 0 aromatic carbocycles. The zero-order valence-electron chi connectivity index (χ0n) is 20.6. The summed E-state index contributed by atoms with van der Waals surface area (Å²) >= 11 is 1.58. The van der Waals surface area contributed by atoms with E-state index in [0.29, 0.717) is 19.6 Å². The molecule has 5 rings (SSSR count). The summed E-state index contributed by atoms with van der Waals surface area (Å²) in [6.45, 7) is 2.62. The number of aliphatic hydroxyl groups is 1. The van der Waals surface area contributed by atoms with Crippen molar-refractivity contribution in [3.63, 3.8) is 0 Å². The predicted molar refractivity (Wildman–Crippen MR) is 135 cm³/mol. The number of thioether (sulfide) groups is 1. The highest BCUT2D eigenvalue weighted by Gasteiger charge is 2.71. The summed E-state index contributed by atoms with van der Waals surface area (Å²) in [6.07, 6.45) is 16.9. The van der Waals surface area contributed by atoms with Crippen molar-refractivity contribution in [3.8, 4) is 0 Å². The lowest BCUT2D eigenvalue weighted by atomic mass is 9.78. The average Bonchev–Trinajstić information content (AvgIpc) is 3.26. The Bertz CT molecular complexity index is 896. The van der Waals surface area contributed by atoms with Gasteiger partial charge in [-0.05, 0) is 38.5 Å². The van der Waals surface area contributed by atoms with Crippen molar-refractivity contribution >= 4 is 29.5 Å². The van der Waals surface area contributed by atoms with Crippen molar-refractivity contribution in [2.45, 2.75) is 92.8 Å². The van der Waals surface area contributed by atoms with Crippen LogP contribution in [-0.4, -0.2) is 80.6 Å². The van der Waals surface area contributed by atoms with Crippen LogP contribution >= 0.6 is 11.8 Å². The first-order valence-corrected chi connectivity index (χ1v) is 14.3. The second-order valence-electron chi connectivity index (χ2n) is 10.6. The molecule has 8 heteroatoms. The molecule has 0 aromatic rings. The molecule has 0 radical (unpaired) electrons. The molecule has 1 N–H and O–H groups in total. The molecule has 4 heterocycles. The van der Waals surface area contributed by atoms with Gasteiger partial charge in [0.15, 0.2) is 0 Å². The Labute approximate surface area is 212 Å². The van der Waals surface area contributed by atoms with E-state index in [1.807, 2.05) is 11.8 Å². The molecule has 1 spiro atoms. The fraction of sp³-hybridized carbons (Fsp3) is 0.741. The smallest absolute Gasteiger partial charge is 0.311 e. The van der Waals surface area contributed by atoms with Crippen LogP contribution in [0.15, 0.2) is 24.3 Å². The normalized spacial score (nSPS) is 37.8. The minimum absolute atomic E-state index is 0.0294. The van der Waals surface area contributed by atoms with E-state index in [1.54, 1.807) is 16.7 Å². The maximum Gasteiger partial charge on any atom is 0.311 e. The molecule has 1 saturated carbocycles. The number of carbonyl (C=O) groups excluding carboxylic acids is 3. The van der Waals surface area contributed by atoms with Gasteiger partial charge in [0.05, 0.1) is 35.8 Å². The molecular formula is C27H38N2O5S. The van der Waals surface area contributed by atoms with Crippen molar-refractivity contribution in [1.82, 2.24) is 9.80 Å². The van der Waals surface area contributed by atoms with Gasteiger partial charge < -0.3 is 19.6 Å². The maximum absolute atomic E-state index is 14.4. The predicted octanol–water partition coefficient (Wildman–Crippen LogP) is 3.07. The third kappa shape index (κ3) is 4.14. The van der Waals surface area contributed by atoms with Crippen LogP contribution in [0, 0.1) is 11.8 Å². The number of nitrogens with zero attached hydrogens (tertiary/aromatic N) is 2. The molecule has 5 aliphatic rings. The highest BCUT2D eigenvalue weighted by Crippen LogP contribution is 2.61. The Morgan fingerprint density at radius 2 is 1.91 bits per heavy atom. The molecule has 3 fully saturated rings. The molecule has 4 aliphatic heterocycles. The van der Waals surface area contributed by atoms with Gasteiger partial charge in [0.25, 0.3) is 0 Å². The summed E-state index contributed by atoms with van der Waals surface area (Å²) in [7, 11) is 0. The minimum atomic E-state index is -0.840. The van der Waals surface area contributed by atoms with Crippen LogP contribution in [0.25, 0.3) is 0 Å². The first kappa shape index (κ1) is 24.9. The number of hydrogen-bond donors (Lipinski definition) is 1. The Balaban J connectivity index is 1.59. The van der Waals surface area contributed by atoms with Gasteiger partial charge in [0.1, 0.15) is 6.04 Å². The summed E-state index contributed by atoms with van der Waals surface area (Å²) in [6, 6.07) is -0.997. The van der Waals surface area contributed by atoms with Gasteiger partial charge in [0, 0.05) is 17.8 Å². The Kier molecular flexibility index (Phi) is 7.31. The second kappa shape index (κ2) is 10.3. The van der Waals surface area contributed by atoms with E-state index >= 15 is 0 Å². The van der Waals surface area contributed by atoms with Gasteiger partial charge in [-0.1, -0.05) is 50.5 Å². The van der Waals surface area contributed by atoms with E-state index in [4.69, 9.17) is 4.74 Å². The first-order valence-electron chi connectivity index (χ1n) is 13.5. The van der Waals surface area contributed by atoms with E-state index in [0.717, 1.165) is 44.9 Å². The Morgan fingerprint density at radius 1 is 1.11 bits per heavy atom. The SMILES string of the molecule is CC[C@@H](CO)N1C(=O)[C@@H]2[C@@H]3C(=O)OCCCC/C=C\[C@@H]3S[C@@]23C=CCN(C2CCCCC2)C(=O)C13. The van der Waals surface area contributed by atoms with Crippen LogP contribution < -0.4 is 0 Å². The minimum Gasteiger partial charge on any atom is -0.465 e. The van der Waals surface area contributed by atoms with Crippen LogP contribution in [0.1, 0.15) is 64.7 Å². The third-order valence-corrected chi connectivity index (χ3v) is 10.4. The zero-order valence-corrected chi connectivity index (χ0v) is 21.5. The van der Waals surface area contributed by atoms with E-state index in [9.17, 15) is 19.5 Å². The monoisotopic (exact) mass is 502 g/mol. The molecule has 0 aromatic heterocycles. The summed E-state index contributed by atoms with van der Waals surface area (Å²) in [4.78, 5) is 45.5. The van der Waals surface area contributed by atoms with Gasteiger partial charge in [0.2, 0.25) is 11.8 Å². The van der Waals surface area contributed by atoms with Crippen LogP contribution in [0.3, 0.4) is 0 Å². The number of rotatable bonds is 4. The van der Waals surface area contributed by atoms with Gasteiger partial charge in [-0.2, -0.15) is 0 Å². The Hall–Kier alpha value is -1.80. The average molecular weight is 503 g/mol. The van der Waals surface area contributed by atoms with E-state index < -0.39 is 28.7 Å². The van der Waals surface area contributed by atoms with Gasteiger partial charge in [-0.3, -0.25) is 14.4 Å². The van der Waals surface area contributed by atoms with Crippen LogP contribution in [0.2, 0.25) is 0 Å². The number of aliphatic hydroxyl groups excluding tert-OH is 1. The van der Waals surface area contributed by atoms with Gasteiger partial charge >= 0.3 is 5.97 Å². The van der Waals surface area contributed by atoms with Crippen LogP contribution in [-0.2, 0) is 19.1 Å². The lowest BCUT2D eigenvalue weighted by Crippen LogP contribution is -2.58. The molecular weight excluding hydrogens is 464 g/mol. The Morgan fingerprint density at radius 3 is 2.66 bits per heavy atom. The van der Waals surface area contributed by atoms with Crippen LogP contribution in [0.4, 0.5) is 0 Å². The molecule has 0 bridgehead atoms. The molecule has 1 unspecified atom stereocenters. The number of allylic oxidation sites excluding steroid dienone is 1. The maximum atomic E-state index is 14.4. The number of hydrogen-bond acceptors (Lipinski definition) is 6. The zero-order chi connectivity index (χ0) is 24.6. The topological polar surface area (TPSA) is 87.2 Å². The number of amides is 2. The highest BCUT2D eigenvalue weighted by molar-refractivity contribution is 8.02. The fourth-order valence-corrected chi connectivity index (χ4v) is 8.89. The van der Waals surface area contributed by atoms with Crippen molar-refractivity contribution in [2.75, 3.05) is 19.8 Å². The van der Waals surface area contributed by atoms with Crippen molar-refractivity contribution in [2.24, 2.45) is 11.8 Å². The number of ether oxygens (including phenoxy) is 1. The number of esters is 1. The molecule has 6 atom stereocenters. The fourth-order valence-electron chi connectivity index (χ4n) is 6.90. The molecule has 1 aliphatic carbocycles. The number of carbonyl (C=O) groups is 3. The summed E-state index contributed by atoms with van der Waals surface area (Å²) in [5, 5.41) is 10.00. The van der Waals surface area contributed by atoms with Gasteiger partial charge in [-0.25, -0.2) is 0 Å². The molecule has 2 amide bonds. The molecule has 7 nitrogen and oxygen atoms in total. The number of likely N-dealkylation sites (tertiary alicyclic amines) is 1. The summed E-state index contributed by atoms with van der Waals surface area (Å²) in [5.41, 5.74) is 0. The largest absolute Gasteiger partial charge is 0.465 e. The summed E-state index contributed by atoms with van der Waals surface area (Å²) < 4.78 is 4.82. The quantitative estimate of drug-likeness (QED) is 0.470. The van der Waals surface area contributed by atoms with Crippen LogP contribution in [0.5, 0.6) is 0 Å². The summed E-state index contributed by atoms with van der Waals surface area (Å²) in [5.74, 6) is -1.87. The van der Waals surface area contributed by atoms with Crippen molar-refractivity contribution in [3.05, 3.63) is 24.3 Å².